The van der Waals surface area contributed by atoms with Crippen molar-refractivity contribution in [2.24, 2.45) is 0 Å². The van der Waals surface area contributed by atoms with Crippen LogP contribution in [0.5, 0.6) is 0 Å². The molecule has 0 fully saturated rings. The highest BCUT2D eigenvalue weighted by atomic mass is 32.2. The van der Waals surface area contributed by atoms with Gasteiger partial charge >= 0.3 is 0 Å². The summed E-state index contributed by atoms with van der Waals surface area (Å²) >= 11 is 0. The molecule has 1 aromatic carbocycles. The molecule has 20 heavy (non-hydrogen) atoms. The first kappa shape index (κ1) is 16.8. The fourth-order valence-electron chi connectivity index (χ4n) is 1.35. The maximum absolute atomic E-state index is 13.4. The average molecular weight is 319 g/mol. The van der Waals surface area contributed by atoms with E-state index < -0.39 is 56.7 Å². The van der Waals surface area contributed by atoms with E-state index in [4.69, 9.17) is 5.11 Å². The number of benzene rings is 1. The Hall–Kier alpha value is -1.26. The summed E-state index contributed by atoms with van der Waals surface area (Å²) in [6.07, 6.45) is 0.0468. The van der Waals surface area contributed by atoms with Gasteiger partial charge in [-0.1, -0.05) is 6.92 Å². The number of aliphatic hydroxyl groups excluding tert-OH is 1. The van der Waals surface area contributed by atoms with Crippen LogP contribution in [-0.2, 0) is 10.0 Å². The van der Waals surface area contributed by atoms with Crippen molar-refractivity contribution < 1.29 is 35.5 Å². The number of nitrogens with one attached hydrogen (secondary N) is 1. The van der Waals surface area contributed by atoms with Crippen LogP contribution < -0.4 is 4.72 Å². The van der Waals surface area contributed by atoms with Crippen LogP contribution in [0.4, 0.5) is 22.0 Å². The van der Waals surface area contributed by atoms with Gasteiger partial charge in [-0.25, -0.2) is 35.1 Å². The van der Waals surface area contributed by atoms with Crippen LogP contribution in [0.3, 0.4) is 0 Å². The lowest BCUT2D eigenvalue weighted by Gasteiger charge is -2.15. The van der Waals surface area contributed by atoms with Gasteiger partial charge < -0.3 is 5.11 Å². The second kappa shape index (κ2) is 6.02. The maximum atomic E-state index is 13.4. The van der Waals surface area contributed by atoms with Crippen LogP contribution in [0.2, 0.25) is 0 Å². The van der Waals surface area contributed by atoms with Crippen molar-refractivity contribution >= 4 is 10.0 Å². The second-order valence-corrected chi connectivity index (χ2v) is 5.46. The van der Waals surface area contributed by atoms with Crippen LogP contribution in [0.15, 0.2) is 4.90 Å². The summed E-state index contributed by atoms with van der Waals surface area (Å²) in [6, 6.07) is -1.12. The van der Waals surface area contributed by atoms with Gasteiger partial charge in [-0.05, 0) is 6.42 Å². The lowest BCUT2D eigenvalue weighted by atomic mass is 10.3. The molecule has 0 aliphatic heterocycles. The molecule has 0 heterocycles. The summed E-state index contributed by atoms with van der Waals surface area (Å²) in [5, 5.41) is 8.81. The SMILES string of the molecule is CCC(CO)NS(=O)(=O)c1c(F)c(F)c(F)c(F)c1F. The molecule has 1 unspecified atom stereocenters. The molecule has 0 aliphatic rings. The summed E-state index contributed by atoms with van der Waals surface area (Å²) < 4.78 is 90.3. The van der Waals surface area contributed by atoms with Crippen LogP contribution >= 0.6 is 0 Å². The Kier molecular flexibility index (Phi) is 5.05. The van der Waals surface area contributed by atoms with Crippen molar-refractivity contribution in [3.8, 4) is 0 Å². The van der Waals surface area contributed by atoms with Gasteiger partial charge in [0.25, 0.3) is 0 Å². The molecule has 2 N–H and O–H groups in total. The second-order valence-electron chi connectivity index (χ2n) is 3.81. The number of sulfonamides is 1. The molecule has 0 saturated carbocycles. The monoisotopic (exact) mass is 319 g/mol. The van der Waals surface area contributed by atoms with Crippen LogP contribution in [0, 0.1) is 29.1 Å². The van der Waals surface area contributed by atoms with Crippen LogP contribution in [-0.4, -0.2) is 26.2 Å². The third-order valence-corrected chi connectivity index (χ3v) is 4.01. The highest BCUT2D eigenvalue weighted by Crippen LogP contribution is 2.26. The zero-order valence-electron chi connectivity index (χ0n) is 10.1. The zero-order valence-corrected chi connectivity index (χ0v) is 10.9. The topological polar surface area (TPSA) is 66.4 Å². The van der Waals surface area contributed by atoms with Crippen LogP contribution in [0.25, 0.3) is 0 Å². The molecule has 114 valence electrons. The molecule has 0 aliphatic carbocycles. The normalized spacial score (nSPS) is 13.6. The van der Waals surface area contributed by atoms with Gasteiger partial charge in [0.2, 0.25) is 15.8 Å². The van der Waals surface area contributed by atoms with Crippen molar-refractivity contribution in [3.63, 3.8) is 0 Å². The predicted octanol–water partition coefficient (Wildman–Crippen LogP) is 1.43. The molecule has 0 aromatic heterocycles. The fourth-order valence-corrected chi connectivity index (χ4v) is 2.80. The highest BCUT2D eigenvalue weighted by molar-refractivity contribution is 7.89. The lowest BCUT2D eigenvalue weighted by molar-refractivity contribution is 0.253. The maximum Gasteiger partial charge on any atom is 0.246 e. The molecule has 10 heteroatoms. The standard InChI is InChI=1S/C10H10F5NO3S/c1-2-4(3-17)16-20(18,19)10-8(14)6(12)5(11)7(13)9(10)15/h4,16-17H,2-3H2,1H3. The third kappa shape index (κ3) is 2.91. The molecule has 0 saturated heterocycles. The van der Waals surface area contributed by atoms with Crippen molar-refractivity contribution in [2.75, 3.05) is 6.61 Å². The minimum Gasteiger partial charge on any atom is -0.395 e. The molecule has 1 atom stereocenters. The number of rotatable bonds is 5. The summed E-state index contributed by atoms with van der Waals surface area (Å²) in [5.74, 6) is -12.1. The number of hydrogen-bond donors (Lipinski definition) is 2. The number of aliphatic hydroxyl groups is 1. The first-order chi connectivity index (χ1) is 9.17. The van der Waals surface area contributed by atoms with E-state index in [0.717, 1.165) is 0 Å². The molecular formula is C10H10F5NO3S. The predicted molar refractivity (Wildman–Crippen MR) is 57.7 cm³/mol. The van der Waals surface area contributed by atoms with Gasteiger partial charge in [-0.2, -0.15) is 0 Å². The van der Waals surface area contributed by atoms with Gasteiger partial charge in [0.1, 0.15) is 0 Å². The van der Waals surface area contributed by atoms with E-state index >= 15 is 0 Å². The minimum absolute atomic E-state index is 0.0468. The average Bonchev–Trinajstić information content (AvgIpc) is 2.40. The largest absolute Gasteiger partial charge is 0.395 e. The molecule has 0 bridgehead atoms. The fraction of sp³-hybridized carbons (Fsp3) is 0.400. The van der Waals surface area contributed by atoms with Gasteiger partial charge in [0, 0.05) is 6.04 Å². The molecule has 1 aromatic rings. The molecule has 4 nitrogen and oxygen atoms in total. The first-order valence-corrected chi connectivity index (χ1v) is 6.80. The number of halogens is 5. The van der Waals surface area contributed by atoms with E-state index in [0.29, 0.717) is 0 Å². The Morgan fingerprint density at radius 2 is 1.40 bits per heavy atom. The van der Waals surface area contributed by atoms with E-state index in [1.807, 2.05) is 0 Å². The van der Waals surface area contributed by atoms with Crippen molar-refractivity contribution in [3.05, 3.63) is 29.1 Å². The summed E-state index contributed by atoms with van der Waals surface area (Å²) in [7, 11) is -5.01. The van der Waals surface area contributed by atoms with Gasteiger partial charge in [-0.3, -0.25) is 0 Å². The zero-order chi connectivity index (χ0) is 15.7. The van der Waals surface area contributed by atoms with Gasteiger partial charge in [0.05, 0.1) is 6.61 Å². The number of hydrogen-bond acceptors (Lipinski definition) is 3. The van der Waals surface area contributed by atoms with E-state index in [2.05, 4.69) is 0 Å². The summed E-state index contributed by atoms with van der Waals surface area (Å²) in [5.41, 5.74) is 0. The Bertz CT molecular complexity index is 587. The molecule has 0 radical (unpaired) electrons. The Morgan fingerprint density at radius 3 is 1.75 bits per heavy atom. The van der Waals surface area contributed by atoms with Crippen LogP contribution in [0.1, 0.15) is 13.3 Å². The Balaban J connectivity index is 3.47. The quantitative estimate of drug-likeness (QED) is 0.490. The molecule has 0 amide bonds. The Labute approximate surface area is 111 Å². The summed E-state index contributed by atoms with van der Waals surface area (Å²) in [4.78, 5) is -1.97. The van der Waals surface area contributed by atoms with Crippen molar-refractivity contribution in [2.45, 2.75) is 24.3 Å². The Morgan fingerprint density at radius 1 is 1.00 bits per heavy atom. The molecular weight excluding hydrogens is 309 g/mol. The summed E-state index contributed by atoms with van der Waals surface area (Å²) in [6.45, 7) is 0.743. The van der Waals surface area contributed by atoms with E-state index in [1.54, 1.807) is 4.72 Å². The van der Waals surface area contributed by atoms with E-state index in [-0.39, 0.29) is 6.42 Å². The highest BCUT2D eigenvalue weighted by Gasteiger charge is 2.34. The van der Waals surface area contributed by atoms with Crippen molar-refractivity contribution in [1.82, 2.24) is 4.72 Å². The van der Waals surface area contributed by atoms with Gasteiger partial charge in [0.15, 0.2) is 28.2 Å². The molecule has 1 rings (SSSR count). The van der Waals surface area contributed by atoms with E-state index in [1.165, 1.54) is 6.92 Å². The molecule has 0 spiro atoms. The van der Waals surface area contributed by atoms with Crippen molar-refractivity contribution in [1.29, 1.82) is 0 Å². The minimum atomic E-state index is -5.01. The lowest BCUT2D eigenvalue weighted by Crippen LogP contribution is -2.38. The smallest absolute Gasteiger partial charge is 0.246 e. The third-order valence-electron chi connectivity index (χ3n) is 2.47. The van der Waals surface area contributed by atoms with E-state index in [9.17, 15) is 30.4 Å². The van der Waals surface area contributed by atoms with Gasteiger partial charge in [-0.15, -0.1) is 0 Å². The first-order valence-electron chi connectivity index (χ1n) is 5.31.